The van der Waals surface area contributed by atoms with Crippen molar-refractivity contribution in [2.24, 2.45) is 0 Å². The Morgan fingerprint density at radius 3 is 2.64 bits per heavy atom. The summed E-state index contributed by atoms with van der Waals surface area (Å²) in [6.45, 7) is 4.68. The summed E-state index contributed by atoms with van der Waals surface area (Å²) in [6, 6.07) is 16.0. The first-order valence-electron chi connectivity index (χ1n) is 11.9. The van der Waals surface area contributed by atoms with Gasteiger partial charge in [-0.2, -0.15) is 0 Å². The molecule has 5 rings (SSSR count). The van der Waals surface area contributed by atoms with Crippen molar-refractivity contribution < 1.29 is 9.47 Å². The van der Waals surface area contributed by atoms with Crippen molar-refractivity contribution >= 4 is 11.6 Å². The van der Waals surface area contributed by atoms with Gasteiger partial charge >= 0.3 is 0 Å². The second-order valence-corrected chi connectivity index (χ2v) is 9.11. The largest absolute Gasteiger partial charge is 0.485 e. The van der Waals surface area contributed by atoms with Crippen LogP contribution in [0.4, 0.5) is 11.6 Å². The van der Waals surface area contributed by atoms with E-state index in [0.29, 0.717) is 23.9 Å². The number of nitrogens with zero attached hydrogens (tertiary/aromatic N) is 4. The number of nitrogen functional groups attached to an aromatic ring is 2. The molecule has 2 aromatic carbocycles. The number of hydrogen-bond donors (Lipinski definition) is 2. The standard InChI is InChI=1S/C28H30N6O2/c1-18-12-21(13-22-15-34(2)11-9-23(18)22)24-14-32-27(30)28(33-24)36-17-20-8-10-31-26(29)25(20)35-16-19-6-4-3-5-7-19/h3-8,10,12-14H,9,11,15-17H2,1-2H3,(H2,29,31)(H2,30,32). The van der Waals surface area contributed by atoms with Gasteiger partial charge < -0.3 is 25.8 Å². The number of fused-ring (bicyclic) bond motifs is 1. The molecule has 0 spiro atoms. The van der Waals surface area contributed by atoms with E-state index in [9.17, 15) is 0 Å². The van der Waals surface area contributed by atoms with E-state index in [1.54, 1.807) is 12.4 Å². The van der Waals surface area contributed by atoms with Crippen molar-refractivity contribution in [2.45, 2.75) is 33.1 Å². The molecule has 8 nitrogen and oxygen atoms in total. The van der Waals surface area contributed by atoms with E-state index in [1.807, 2.05) is 36.4 Å². The second-order valence-electron chi connectivity index (χ2n) is 9.11. The maximum Gasteiger partial charge on any atom is 0.258 e. The first kappa shape index (κ1) is 23.6. The van der Waals surface area contributed by atoms with Crippen LogP contribution < -0.4 is 20.9 Å². The summed E-state index contributed by atoms with van der Waals surface area (Å²) < 4.78 is 12.0. The molecule has 0 fully saturated rings. The van der Waals surface area contributed by atoms with Crippen molar-refractivity contribution in [2.75, 3.05) is 25.1 Å². The molecule has 2 aromatic heterocycles. The maximum atomic E-state index is 6.12. The lowest BCUT2D eigenvalue weighted by Gasteiger charge is -2.27. The van der Waals surface area contributed by atoms with E-state index in [2.05, 4.69) is 41.0 Å². The Kier molecular flexibility index (Phi) is 6.69. The average molecular weight is 483 g/mol. The number of likely N-dealkylation sites (N-methyl/N-ethyl adjacent to an activating group) is 1. The van der Waals surface area contributed by atoms with Crippen LogP contribution in [0.15, 0.2) is 60.9 Å². The first-order chi connectivity index (χ1) is 17.5. The van der Waals surface area contributed by atoms with Gasteiger partial charge in [0.05, 0.1) is 11.9 Å². The predicted molar refractivity (Wildman–Crippen MR) is 140 cm³/mol. The van der Waals surface area contributed by atoms with Crippen molar-refractivity contribution in [1.29, 1.82) is 0 Å². The van der Waals surface area contributed by atoms with Gasteiger partial charge in [-0.05, 0) is 60.8 Å². The van der Waals surface area contributed by atoms with Gasteiger partial charge in [0.25, 0.3) is 5.88 Å². The number of pyridine rings is 1. The number of hydrogen-bond acceptors (Lipinski definition) is 8. The number of aromatic nitrogens is 3. The molecule has 36 heavy (non-hydrogen) atoms. The molecule has 0 aliphatic carbocycles. The normalized spacial score (nSPS) is 13.3. The lowest BCUT2D eigenvalue weighted by molar-refractivity contribution is 0.268. The zero-order valence-electron chi connectivity index (χ0n) is 20.6. The van der Waals surface area contributed by atoms with Crippen LogP contribution in [0.3, 0.4) is 0 Å². The van der Waals surface area contributed by atoms with E-state index in [1.165, 1.54) is 16.7 Å². The summed E-state index contributed by atoms with van der Waals surface area (Å²) in [7, 11) is 2.14. The first-order valence-corrected chi connectivity index (χ1v) is 11.9. The molecule has 0 atom stereocenters. The zero-order valence-corrected chi connectivity index (χ0v) is 20.6. The third-order valence-corrected chi connectivity index (χ3v) is 6.42. The second kappa shape index (κ2) is 10.2. The molecule has 0 amide bonds. The summed E-state index contributed by atoms with van der Waals surface area (Å²) in [5, 5.41) is 0. The molecule has 0 bridgehead atoms. The van der Waals surface area contributed by atoms with E-state index in [-0.39, 0.29) is 18.3 Å². The van der Waals surface area contributed by atoms with E-state index >= 15 is 0 Å². The van der Waals surface area contributed by atoms with Crippen LogP contribution in [-0.2, 0) is 26.2 Å². The van der Waals surface area contributed by atoms with E-state index in [4.69, 9.17) is 25.9 Å². The molecule has 8 heteroatoms. The fraction of sp³-hybridized carbons (Fsp3) is 0.250. The van der Waals surface area contributed by atoms with Crippen molar-refractivity contribution in [1.82, 2.24) is 19.9 Å². The Hall–Kier alpha value is -4.17. The average Bonchev–Trinajstić information content (AvgIpc) is 2.88. The maximum absolute atomic E-state index is 6.12. The molecule has 4 N–H and O–H groups in total. The lowest BCUT2D eigenvalue weighted by Crippen LogP contribution is -2.27. The summed E-state index contributed by atoms with van der Waals surface area (Å²) in [6.07, 6.45) is 4.37. The van der Waals surface area contributed by atoms with Gasteiger partial charge in [0, 0.05) is 30.4 Å². The van der Waals surface area contributed by atoms with Crippen LogP contribution >= 0.6 is 0 Å². The minimum Gasteiger partial charge on any atom is -0.485 e. The highest BCUT2D eigenvalue weighted by Gasteiger charge is 2.18. The van der Waals surface area contributed by atoms with Gasteiger partial charge in [-0.3, -0.25) is 0 Å². The summed E-state index contributed by atoms with van der Waals surface area (Å²) in [5.74, 6) is 1.28. The molecule has 184 valence electrons. The highest BCUT2D eigenvalue weighted by molar-refractivity contribution is 5.64. The Balaban J connectivity index is 1.36. The van der Waals surface area contributed by atoms with Gasteiger partial charge in [0.15, 0.2) is 17.4 Å². The van der Waals surface area contributed by atoms with E-state index in [0.717, 1.165) is 36.2 Å². The van der Waals surface area contributed by atoms with Gasteiger partial charge in [-0.15, -0.1) is 0 Å². The molecule has 1 aliphatic rings. The summed E-state index contributed by atoms with van der Waals surface area (Å²) >= 11 is 0. The number of ether oxygens (including phenoxy) is 2. The Bertz CT molecular complexity index is 1380. The van der Waals surface area contributed by atoms with Gasteiger partial charge in [-0.1, -0.05) is 30.3 Å². The Labute approximate surface area is 210 Å². The molecular formula is C28H30N6O2. The molecule has 0 unspecified atom stereocenters. The third kappa shape index (κ3) is 5.08. The number of benzene rings is 2. The molecule has 4 aromatic rings. The molecule has 0 saturated heterocycles. The molecular weight excluding hydrogens is 452 g/mol. The Morgan fingerprint density at radius 1 is 0.972 bits per heavy atom. The van der Waals surface area contributed by atoms with Crippen LogP contribution in [0.5, 0.6) is 11.6 Å². The van der Waals surface area contributed by atoms with Crippen molar-refractivity contribution in [3.8, 4) is 22.9 Å². The van der Waals surface area contributed by atoms with Gasteiger partial charge in [-0.25, -0.2) is 15.0 Å². The minimum absolute atomic E-state index is 0.160. The molecule has 0 saturated carbocycles. The number of aryl methyl sites for hydroxylation is 1. The number of anilines is 2. The fourth-order valence-corrected chi connectivity index (χ4v) is 4.50. The quantitative estimate of drug-likeness (QED) is 0.404. The summed E-state index contributed by atoms with van der Waals surface area (Å²) in [4.78, 5) is 15.5. The van der Waals surface area contributed by atoms with Crippen molar-refractivity contribution in [3.05, 3.63) is 88.7 Å². The van der Waals surface area contributed by atoms with Crippen LogP contribution in [0.2, 0.25) is 0 Å². The zero-order chi connectivity index (χ0) is 25.1. The van der Waals surface area contributed by atoms with Crippen molar-refractivity contribution in [3.63, 3.8) is 0 Å². The van der Waals surface area contributed by atoms with Crippen LogP contribution in [0.1, 0.15) is 27.8 Å². The van der Waals surface area contributed by atoms with Gasteiger partial charge in [0.2, 0.25) is 0 Å². The molecule has 0 radical (unpaired) electrons. The monoisotopic (exact) mass is 482 g/mol. The lowest BCUT2D eigenvalue weighted by atomic mass is 9.92. The topological polar surface area (TPSA) is 112 Å². The minimum atomic E-state index is 0.160. The Morgan fingerprint density at radius 2 is 1.81 bits per heavy atom. The molecule has 3 heterocycles. The number of nitrogens with two attached hydrogens (primary N) is 2. The van der Waals surface area contributed by atoms with Crippen LogP contribution in [-0.4, -0.2) is 33.4 Å². The third-order valence-electron chi connectivity index (χ3n) is 6.42. The molecule has 1 aliphatic heterocycles. The summed E-state index contributed by atoms with van der Waals surface area (Å²) in [5.41, 5.74) is 19.7. The fourth-order valence-electron chi connectivity index (χ4n) is 4.50. The highest BCUT2D eigenvalue weighted by atomic mass is 16.5. The van der Waals surface area contributed by atoms with Crippen LogP contribution in [0, 0.1) is 6.92 Å². The smallest absolute Gasteiger partial charge is 0.258 e. The number of rotatable bonds is 7. The predicted octanol–water partition coefficient (Wildman–Crippen LogP) is 4.16. The van der Waals surface area contributed by atoms with Crippen LogP contribution in [0.25, 0.3) is 11.3 Å². The van der Waals surface area contributed by atoms with E-state index < -0.39 is 0 Å². The van der Waals surface area contributed by atoms with Gasteiger partial charge in [0.1, 0.15) is 13.2 Å². The highest BCUT2D eigenvalue weighted by Crippen LogP contribution is 2.31. The SMILES string of the molecule is Cc1cc(-c2cnc(N)c(OCc3ccnc(N)c3OCc3ccccc3)n2)cc2c1CCN(C)C2.